The molecule has 2 aromatic heterocycles. The molecule has 1 aliphatic rings. The molecule has 24 heavy (non-hydrogen) atoms. The molecular formula is C15H13F3N4O2. The van der Waals surface area contributed by atoms with E-state index in [9.17, 15) is 23.4 Å². The fourth-order valence-corrected chi connectivity index (χ4v) is 2.57. The molecule has 3 unspecified atom stereocenters. The molecule has 3 atom stereocenters. The summed E-state index contributed by atoms with van der Waals surface area (Å²) in [7, 11) is 0. The largest absolute Gasteiger partial charge is 0.431 e. The van der Waals surface area contributed by atoms with Crippen molar-refractivity contribution in [1.82, 2.24) is 9.97 Å². The second kappa shape index (κ2) is 6.17. The number of aromatic nitrogens is 2. The Morgan fingerprint density at radius 1 is 1.00 bits per heavy atom. The molecular weight excluding hydrogens is 325 g/mol. The number of pyridine rings is 2. The highest BCUT2D eigenvalue weighted by Crippen LogP contribution is 2.39. The lowest BCUT2D eigenvalue weighted by molar-refractivity contribution is -0.0692. The molecule has 0 spiro atoms. The fourth-order valence-electron chi connectivity index (χ4n) is 2.57. The molecule has 126 valence electrons. The van der Waals surface area contributed by atoms with Gasteiger partial charge < -0.3 is 10.2 Å². The summed E-state index contributed by atoms with van der Waals surface area (Å²) in [5.74, 6) is -1.65. The van der Waals surface area contributed by atoms with Crippen molar-refractivity contribution in [2.45, 2.75) is 18.5 Å². The Hall–Kier alpha value is -2.52. The molecule has 3 heterocycles. The maximum absolute atomic E-state index is 13.3. The molecule has 0 aromatic carbocycles. The molecule has 0 amide bonds. The Balaban J connectivity index is 2.00. The van der Waals surface area contributed by atoms with Crippen LogP contribution in [0, 0.1) is 5.92 Å². The summed E-state index contributed by atoms with van der Waals surface area (Å²) in [6.45, 7) is 0. The van der Waals surface area contributed by atoms with Crippen LogP contribution in [0.4, 0.5) is 18.9 Å². The number of hydrogen-bond donors (Lipinski definition) is 2. The van der Waals surface area contributed by atoms with Crippen LogP contribution < -0.4 is 5.01 Å². The van der Waals surface area contributed by atoms with Gasteiger partial charge in [-0.2, -0.15) is 18.3 Å². The number of aliphatic hydroxyl groups is 2. The number of rotatable bonds is 3. The summed E-state index contributed by atoms with van der Waals surface area (Å²) in [6, 6.07) is 5.62. The van der Waals surface area contributed by atoms with Crippen LogP contribution in [0.1, 0.15) is 11.7 Å². The van der Waals surface area contributed by atoms with Crippen molar-refractivity contribution in [1.29, 1.82) is 0 Å². The van der Waals surface area contributed by atoms with Crippen LogP contribution in [0.3, 0.4) is 0 Å². The lowest BCUT2D eigenvalue weighted by atomic mass is 9.90. The zero-order valence-corrected chi connectivity index (χ0v) is 12.2. The summed E-state index contributed by atoms with van der Waals surface area (Å²) in [5.41, 5.74) is -0.789. The number of nitrogens with zero attached hydrogens (tertiary/aromatic N) is 4. The summed E-state index contributed by atoms with van der Waals surface area (Å²) in [4.78, 5) is 7.54. The van der Waals surface area contributed by atoms with Gasteiger partial charge in [-0.1, -0.05) is 0 Å². The van der Waals surface area contributed by atoms with Gasteiger partial charge in [-0.3, -0.25) is 9.97 Å². The standard InChI is InChI=1S/C15H13F3N4O2/c16-15(17,18)13-11(12(23)9-1-5-19-6-2-9)14(24)22(21-13)10-3-7-20-8-4-10/h1-8,11-12,14,23-24H. The Kier molecular flexibility index (Phi) is 4.20. The van der Waals surface area contributed by atoms with Gasteiger partial charge in [-0.15, -0.1) is 0 Å². The van der Waals surface area contributed by atoms with Gasteiger partial charge in [0.25, 0.3) is 0 Å². The summed E-state index contributed by atoms with van der Waals surface area (Å²) < 4.78 is 40.0. The van der Waals surface area contributed by atoms with E-state index < -0.39 is 30.1 Å². The SMILES string of the molecule is OC(c1ccncc1)C1C(C(F)(F)F)=NN(c2ccncc2)C1O. The normalized spacial score (nSPS) is 22.4. The molecule has 0 bridgehead atoms. The molecule has 9 heteroatoms. The zero-order chi connectivity index (χ0) is 17.3. The van der Waals surface area contributed by atoms with Gasteiger partial charge in [0.15, 0.2) is 11.9 Å². The first-order chi connectivity index (χ1) is 11.4. The third-order valence-corrected chi connectivity index (χ3v) is 3.71. The van der Waals surface area contributed by atoms with Gasteiger partial charge in [-0.05, 0) is 29.8 Å². The highest BCUT2D eigenvalue weighted by atomic mass is 19.4. The Labute approximate surface area is 134 Å². The number of hydrazone groups is 1. The third kappa shape index (κ3) is 2.95. The second-order valence-electron chi connectivity index (χ2n) is 5.20. The molecule has 0 saturated carbocycles. The lowest BCUT2D eigenvalue weighted by Gasteiger charge is -2.27. The van der Waals surface area contributed by atoms with Crippen molar-refractivity contribution in [2.75, 3.05) is 5.01 Å². The maximum Gasteiger partial charge on any atom is 0.431 e. The molecule has 0 radical (unpaired) electrons. The van der Waals surface area contributed by atoms with E-state index in [1.165, 1.54) is 49.1 Å². The Morgan fingerprint density at radius 3 is 2.08 bits per heavy atom. The predicted molar refractivity (Wildman–Crippen MR) is 78.9 cm³/mol. The van der Waals surface area contributed by atoms with E-state index in [1.807, 2.05) is 0 Å². The minimum Gasteiger partial charge on any atom is -0.388 e. The highest BCUT2D eigenvalue weighted by Gasteiger charge is 2.53. The van der Waals surface area contributed by atoms with Crippen LogP contribution in [0.5, 0.6) is 0 Å². The lowest BCUT2D eigenvalue weighted by Crippen LogP contribution is -2.40. The van der Waals surface area contributed by atoms with Gasteiger partial charge in [0.2, 0.25) is 0 Å². The van der Waals surface area contributed by atoms with E-state index in [0.717, 1.165) is 5.01 Å². The van der Waals surface area contributed by atoms with E-state index in [4.69, 9.17) is 0 Å². The van der Waals surface area contributed by atoms with Crippen molar-refractivity contribution >= 4 is 11.4 Å². The maximum atomic E-state index is 13.3. The van der Waals surface area contributed by atoms with Crippen LogP contribution in [-0.2, 0) is 0 Å². The number of anilines is 1. The van der Waals surface area contributed by atoms with Gasteiger partial charge in [0, 0.05) is 24.8 Å². The fraction of sp³-hybridized carbons (Fsp3) is 0.267. The second-order valence-corrected chi connectivity index (χ2v) is 5.20. The molecule has 6 nitrogen and oxygen atoms in total. The van der Waals surface area contributed by atoms with E-state index in [-0.39, 0.29) is 11.3 Å². The molecule has 3 rings (SSSR count). The Bertz CT molecular complexity index is 725. The first kappa shape index (κ1) is 16.3. The first-order valence-electron chi connectivity index (χ1n) is 7.00. The predicted octanol–water partition coefficient (Wildman–Crippen LogP) is 1.88. The van der Waals surface area contributed by atoms with E-state index in [0.29, 0.717) is 0 Å². The van der Waals surface area contributed by atoms with Crippen molar-refractivity contribution < 1.29 is 23.4 Å². The van der Waals surface area contributed by atoms with Crippen LogP contribution in [0.15, 0.2) is 54.2 Å². The molecule has 2 N–H and O–H groups in total. The molecule has 1 aliphatic heterocycles. The quantitative estimate of drug-likeness (QED) is 0.893. The summed E-state index contributed by atoms with van der Waals surface area (Å²) in [5, 5.41) is 25.1. The molecule has 0 saturated heterocycles. The minimum atomic E-state index is -4.79. The van der Waals surface area contributed by atoms with Crippen molar-refractivity contribution in [2.24, 2.45) is 11.0 Å². The van der Waals surface area contributed by atoms with Crippen molar-refractivity contribution in [3.63, 3.8) is 0 Å². The van der Waals surface area contributed by atoms with Crippen LogP contribution in [0.2, 0.25) is 0 Å². The molecule has 0 fully saturated rings. The van der Waals surface area contributed by atoms with Crippen LogP contribution in [-0.4, -0.2) is 38.3 Å². The number of halogens is 3. The summed E-state index contributed by atoms with van der Waals surface area (Å²) >= 11 is 0. The number of aliphatic hydroxyl groups excluding tert-OH is 2. The monoisotopic (exact) mass is 338 g/mol. The number of alkyl halides is 3. The highest BCUT2D eigenvalue weighted by molar-refractivity contribution is 5.95. The van der Waals surface area contributed by atoms with Crippen LogP contribution >= 0.6 is 0 Å². The third-order valence-electron chi connectivity index (χ3n) is 3.71. The average Bonchev–Trinajstić information content (AvgIpc) is 2.93. The number of hydrogen-bond acceptors (Lipinski definition) is 6. The topological polar surface area (TPSA) is 81.8 Å². The Morgan fingerprint density at radius 2 is 1.54 bits per heavy atom. The van der Waals surface area contributed by atoms with Gasteiger partial charge in [0.05, 0.1) is 17.7 Å². The smallest absolute Gasteiger partial charge is 0.388 e. The van der Waals surface area contributed by atoms with Crippen LogP contribution in [0.25, 0.3) is 0 Å². The van der Waals surface area contributed by atoms with E-state index in [1.54, 1.807) is 0 Å². The summed E-state index contributed by atoms with van der Waals surface area (Å²) in [6.07, 6.45) is -2.60. The zero-order valence-electron chi connectivity index (χ0n) is 12.2. The van der Waals surface area contributed by atoms with E-state index >= 15 is 0 Å². The van der Waals surface area contributed by atoms with Gasteiger partial charge in [0.1, 0.15) is 0 Å². The van der Waals surface area contributed by atoms with Crippen molar-refractivity contribution in [3.8, 4) is 0 Å². The minimum absolute atomic E-state index is 0.211. The molecule has 2 aromatic rings. The van der Waals surface area contributed by atoms with Gasteiger partial charge in [-0.25, -0.2) is 5.01 Å². The van der Waals surface area contributed by atoms with Crippen molar-refractivity contribution in [3.05, 3.63) is 54.6 Å². The average molecular weight is 338 g/mol. The molecule has 0 aliphatic carbocycles. The first-order valence-corrected chi connectivity index (χ1v) is 7.00. The van der Waals surface area contributed by atoms with Gasteiger partial charge >= 0.3 is 6.18 Å². The van der Waals surface area contributed by atoms with E-state index in [2.05, 4.69) is 15.1 Å².